The summed E-state index contributed by atoms with van der Waals surface area (Å²) < 4.78 is 0. The van der Waals surface area contributed by atoms with Gasteiger partial charge in [0.2, 0.25) is 0 Å². The van der Waals surface area contributed by atoms with Gasteiger partial charge < -0.3 is 5.32 Å². The largest absolute Gasteiger partial charge is 0.315 e. The van der Waals surface area contributed by atoms with Crippen LogP contribution in [0.2, 0.25) is 0 Å². The first-order chi connectivity index (χ1) is 6.77. The Labute approximate surface area is 89.1 Å². The minimum atomic E-state index is 0.805. The zero-order chi connectivity index (χ0) is 10.4. The van der Waals surface area contributed by atoms with E-state index in [1.54, 1.807) is 0 Å². The summed E-state index contributed by atoms with van der Waals surface area (Å²) in [5.41, 5.74) is 0. The molecule has 14 heavy (non-hydrogen) atoms. The molecule has 1 rings (SSSR count). The highest BCUT2D eigenvalue weighted by atomic mass is 15.2. The highest BCUT2D eigenvalue weighted by molar-refractivity contribution is 4.80. The van der Waals surface area contributed by atoms with Crippen LogP contribution in [0.5, 0.6) is 0 Å². The van der Waals surface area contributed by atoms with Crippen molar-refractivity contribution in [2.45, 2.75) is 46.1 Å². The van der Waals surface area contributed by atoms with Crippen molar-refractivity contribution in [1.82, 2.24) is 10.2 Å². The molecule has 0 saturated carbocycles. The molecule has 1 aliphatic heterocycles. The SMILES string of the molecule is CCCC(C)CN(CC)C1CCNC1. The van der Waals surface area contributed by atoms with E-state index in [1.165, 1.54) is 45.4 Å². The normalized spacial score (nSPS) is 24.4. The van der Waals surface area contributed by atoms with E-state index in [4.69, 9.17) is 0 Å². The Hall–Kier alpha value is -0.0800. The van der Waals surface area contributed by atoms with Crippen LogP contribution in [-0.2, 0) is 0 Å². The number of hydrogen-bond acceptors (Lipinski definition) is 2. The maximum Gasteiger partial charge on any atom is 0.0232 e. The molecule has 0 amide bonds. The Morgan fingerprint density at radius 3 is 2.71 bits per heavy atom. The van der Waals surface area contributed by atoms with Crippen LogP contribution in [0.4, 0.5) is 0 Å². The molecule has 0 aromatic carbocycles. The minimum absolute atomic E-state index is 0.805. The highest BCUT2D eigenvalue weighted by Gasteiger charge is 2.21. The third-order valence-corrected chi connectivity index (χ3v) is 3.28. The van der Waals surface area contributed by atoms with Crippen molar-refractivity contribution in [3.05, 3.63) is 0 Å². The van der Waals surface area contributed by atoms with Crippen molar-refractivity contribution in [2.24, 2.45) is 5.92 Å². The van der Waals surface area contributed by atoms with Crippen LogP contribution < -0.4 is 5.32 Å². The summed E-state index contributed by atoms with van der Waals surface area (Å²) in [6.45, 7) is 11.9. The van der Waals surface area contributed by atoms with Gasteiger partial charge in [-0.05, 0) is 31.8 Å². The van der Waals surface area contributed by atoms with Gasteiger partial charge in [0.05, 0.1) is 0 Å². The zero-order valence-corrected chi connectivity index (χ0v) is 10.1. The van der Waals surface area contributed by atoms with E-state index in [9.17, 15) is 0 Å². The summed E-state index contributed by atoms with van der Waals surface area (Å²) in [7, 11) is 0. The molecule has 2 heteroatoms. The first kappa shape index (κ1) is 12.0. The number of rotatable bonds is 6. The molecule has 0 aromatic rings. The Kier molecular flexibility index (Phi) is 5.49. The van der Waals surface area contributed by atoms with E-state index < -0.39 is 0 Å². The van der Waals surface area contributed by atoms with Gasteiger partial charge in [0.1, 0.15) is 0 Å². The van der Waals surface area contributed by atoms with E-state index in [0.29, 0.717) is 0 Å². The first-order valence-electron chi connectivity index (χ1n) is 6.22. The quantitative estimate of drug-likeness (QED) is 0.703. The smallest absolute Gasteiger partial charge is 0.0232 e. The second-order valence-electron chi connectivity index (χ2n) is 4.63. The molecule has 1 fully saturated rings. The molecule has 2 atom stereocenters. The van der Waals surface area contributed by atoms with Crippen molar-refractivity contribution in [3.8, 4) is 0 Å². The first-order valence-corrected chi connectivity index (χ1v) is 6.22. The van der Waals surface area contributed by atoms with Gasteiger partial charge in [0.25, 0.3) is 0 Å². The fourth-order valence-corrected chi connectivity index (χ4v) is 2.47. The van der Waals surface area contributed by atoms with Crippen LogP contribution in [0.1, 0.15) is 40.0 Å². The summed E-state index contributed by atoms with van der Waals surface area (Å²) in [4.78, 5) is 2.65. The molecule has 1 saturated heterocycles. The average Bonchev–Trinajstić information content (AvgIpc) is 2.67. The molecule has 2 unspecified atom stereocenters. The fourth-order valence-electron chi connectivity index (χ4n) is 2.47. The van der Waals surface area contributed by atoms with Gasteiger partial charge in [0, 0.05) is 19.1 Å². The lowest BCUT2D eigenvalue weighted by molar-refractivity contribution is 0.186. The molecule has 84 valence electrons. The number of hydrogen-bond donors (Lipinski definition) is 1. The Morgan fingerprint density at radius 1 is 1.43 bits per heavy atom. The molecule has 0 bridgehead atoms. The van der Waals surface area contributed by atoms with E-state index in [0.717, 1.165) is 12.0 Å². The van der Waals surface area contributed by atoms with Crippen molar-refractivity contribution in [2.75, 3.05) is 26.2 Å². The van der Waals surface area contributed by atoms with E-state index in [2.05, 4.69) is 31.0 Å². The zero-order valence-electron chi connectivity index (χ0n) is 10.1. The van der Waals surface area contributed by atoms with Gasteiger partial charge in [-0.1, -0.05) is 27.2 Å². The standard InChI is InChI=1S/C12H26N2/c1-4-6-11(3)10-14(5-2)12-7-8-13-9-12/h11-13H,4-10H2,1-3H3. The Bertz CT molecular complexity index is 141. The predicted molar refractivity (Wildman–Crippen MR) is 62.6 cm³/mol. The molecular formula is C12H26N2. The molecule has 1 heterocycles. The van der Waals surface area contributed by atoms with Gasteiger partial charge in [-0.25, -0.2) is 0 Å². The maximum absolute atomic E-state index is 3.45. The summed E-state index contributed by atoms with van der Waals surface area (Å²) in [5.74, 6) is 0.862. The molecule has 0 radical (unpaired) electrons. The van der Waals surface area contributed by atoms with Crippen molar-refractivity contribution < 1.29 is 0 Å². The Morgan fingerprint density at radius 2 is 2.21 bits per heavy atom. The summed E-state index contributed by atoms with van der Waals surface area (Å²) in [6, 6.07) is 0.805. The molecule has 0 aliphatic carbocycles. The summed E-state index contributed by atoms with van der Waals surface area (Å²) in [6.07, 6.45) is 4.03. The lowest BCUT2D eigenvalue weighted by Crippen LogP contribution is -2.39. The minimum Gasteiger partial charge on any atom is -0.315 e. The lowest BCUT2D eigenvalue weighted by Gasteiger charge is -2.29. The predicted octanol–water partition coefficient (Wildman–Crippen LogP) is 2.11. The number of nitrogens with one attached hydrogen (secondary N) is 1. The monoisotopic (exact) mass is 198 g/mol. The number of nitrogens with zero attached hydrogens (tertiary/aromatic N) is 1. The Balaban J connectivity index is 2.29. The summed E-state index contributed by atoms with van der Waals surface area (Å²) >= 11 is 0. The van der Waals surface area contributed by atoms with Crippen molar-refractivity contribution >= 4 is 0 Å². The number of likely N-dealkylation sites (N-methyl/N-ethyl adjacent to an activating group) is 1. The summed E-state index contributed by atoms with van der Waals surface area (Å²) in [5, 5.41) is 3.45. The second kappa shape index (κ2) is 6.41. The van der Waals surface area contributed by atoms with E-state index in [-0.39, 0.29) is 0 Å². The van der Waals surface area contributed by atoms with E-state index in [1.807, 2.05) is 0 Å². The molecular weight excluding hydrogens is 172 g/mol. The van der Waals surface area contributed by atoms with Crippen molar-refractivity contribution in [1.29, 1.82) is 0 Å². The second-order valence-corrected chi connectivity index (χ2v) is 4.63. The van der Waals surface area contributed by atoms with Crippen LogP contribution in [0.15, 0.2) is 0 Å². The van der Waals surface area contributed by atoms with E-state index >= 15 is 0 Å². The fraction of sp³-hybridized carbons (Fsp3) is 1.00. The van der Waals surface area contributed by atoms with Gasteiger partial charge in [-0.15, -0.1) is 0 Å². The molecule has 1 aliphatic rings. The molecule has 1 N–H and O–H groups in total. The van der Waals surface area contributed by atoms with Crippen LogP contribution >= 0.6 is 0 Å². The third kappa shape index (κ3) is 3.58. The van der Waals surface area contributed by atoms with Crippen LogP contribution in [0.25, 0.3) is 0 Å². The maximum atomic E-state index is 3.45. The molecule has 0 aromatic heterocycles. The van der Waals surface area contributed by atoms with Gasteiger partial charge in [0.15, 0.2) is 0 Å². The van der Waals surface area contributed by atoms with Crippen LogP contribution in [-0.4, -0.2) is 37.1 Å². The van der Waals surface area contributed by atoms with Crippen LogP contribution in [0.3, 0.4) is 0 Å². The highest BCUT2D eigenvalue weighted by Crippen LogP contribution is 2.13. The average molecular weight is 198 g/mol. The third-order valence-electron chi connectivity index (χ3n) is 3.28. The van der Waals surface area contributed by atoms with Crippen molar-refractivity contribution in [3.63, 3.8) is 0 Å². The van der Waals surface area contributed by atoms with Gasteiger partial charge in [-0.2, -0.15) is 0 Å². The lowest BCUT2D eigenvalue weighted by atomic mass is 10.0. The molecule has 2 nitrogen and oxygen atoms in total. The van der Waals surface area contributed by atoms with Gasteiger partial charge >= 0.3 is 0 Å². The molecule has 0 spiro atoms. The van der Waals surface area contributed by atoms with Gasteiger partial charge in [-0.3, -0.25) is 4.90 Å². The van der Waals surface area contributed by atoms with Crippen LogP contribution in [0, 0.1) is 5.92 Å². The topological polar surface area (TPSA) is 15.3 Å².